The molecule has 1 rings (SSSR count). The van der Waals surface area contributed by atoms with Gasteiger partial charge in [-0.2, -0.15) is 11.8 Å². The number of benzene rings is 1. The Morgan fingerprint density at radius 2 is 2.17 bits per heavy atom. The molecule has 0 amide bonds. The molecule has 4 nitrogen and oxygen atoms in total. The second-order valence-electron chi connectivity index (χ2n) is 3.62. The zero-order valence-corrected chi connectivity index (χ0v) is 10.7. The van der Waals surface area contributed by atoms with E-state index in [1.165, 1.54) is 12.1 Å². The third kappa shape index (κ3) is 4.93. The van der Waals surface area contributed by atoms with Gasteiger partial charge in [-0.25, -0.2) is 9.18 Å². The van der Waals surface area contributed by atoms with Gasteiger partial charge in [0.2, 0.25) is 0 Å². The van der Waals surface area contributed by atoms with E-state index in [4.69, 9.17) is 10.2 Å². The van der Waals surface area contributed by atoms with Gasteiger partial charge in [-0.1, -0.05) is 0 Å². The highest BCUT2D eigenvalue weighted by atomic mass is 32.2. The molecule has 0 spiro atoms. The molecule has 0 aliphatic rings. The lowest BCUT2D eigenvalue weighted by Gasteiger charge is -2.07. The highest BCUT2D eigenvalue weighted by Gasteiger charge is 2.09. The van der Waals surface area contributed by atoms with Gasteiger partial charge in [-0.15, -0.1) is 0 Å². The molecule has 0 aliphatic carbocycles. The first-order valence-corrected chi connectivity index (χ1v) is 6.76. The van der Waals surface area contributed by atoms with Crippen molar-refractivity contribution >= 4 is 23.4 Å². The van der Waals surface area contributed by atoms with Crippen LogP contribution in [-0.4, -0.2) is 40.8 Å². The Bertz CT molecular complexity index is 401. The standard InChI is InChI=1S/C12H16FNO3S/c13-11-8-9(2-3-10(11)12(16)17)14-4-7-18-6-1-5-15/h2-3,8,14-15H,1,4-7H2,(H,16,17). The zero-order valence-electron chi connectivity index (χ0n) is 9.86. The van der Waals surface area contributed by atoms with Gasteiger partial charge < -0.3 is 15.5 Å². The smallest absolute Gasteiger partial charge is 0.338 e. The third-order valence-electron chi connectivity index (χ3n) is 2.22. The second-order valence-corrected chi connectivity index (χ2v) is 4.84. The van der Waals surface area contributed by atoms with Gasteiger partial charge in [0.25, 0.3) is 0 Å². The van der Waals surface area contributed by atoms with Crippen molar-refractivity contribution in [3.8, 4) is 0 Å². The van der Waals surface area contributed by atoms with Crippen LogP contribution in [0.25, 0.3) is 0 Å². The Morgan fingerprint density at radius 1 is 1.39 bits per heavy atom. The fourth-order valence-corrected chi connectivity index (χ4v) is 2.12. The largest absolute Gasteiger partial charge is 0.478 e. The van der Waals surface area contributed by atoms with Crippen molar-refractivity contribution < 1.29 is 19.4 Å². The second kappa shape index (κ2) is 7.94. The van der Waals surface area contributed by atoms with Crippen LogP contribution in [0.15, 0.2) is 18.2 Å². The number of hydrogen-bond acceptors (Lipinski definition) is 4. The first-order valence-electron chi connectivity index (χ1n) is 5.60. The van der Waals surface area contributed by atoms with Gasteiger partial charge in [-0.05, 0) is 30.4 Å². The van der Waals surface area contributed by atoms with Crippen molar-refractivity contribution in [1.82, 2.24) is 0 Å². The number of anilines is 1. The van der Waals surface area contributed by atoms with Crippen molar-refractivity contribution in [1.29, 1.82) is 0 Å². The van der Waals surface area contributed by atoms with Crippen LogP contribution in [0.4, 0.5) is 10.1 Å². The molecule has 1 aromatic rings. The maximum atomic E-state index is 13.3. The molecule has 3 N–H and O–H groups in total. The van der Waals surface area contributed by atoms with Crippen LogP contribution in [0.3, 0.4) is 0 Å². The van der Waals surface area contributed by atoms with Crippen LogP contribution in [0.2, 0.25) is 0 Å². The Labute approximate surface area is 109 Å². The van der Waals surface area contributed by atoms with Gasteiger partial charge in [-0.3, -0.25) is 0 Å². The van der Waals surface area contributed by atoms with Crippen LogP contribution in [0, 0.1) is 5.82 Å². The predicted octanol–water partition coefficient (Wildman–Crippen LogP) is 2.05. The molecule has 100 valence electrons. The summed E-state index contributed by atoms with van der Waals surface area (Å²) in [7, 11) is 0. The van der Waals surface area contributed by atoms with Crippen molar-refractivity contribution in [3.05, 3.63) is 29.6 Å². The Kier molecular flexibility index (Phi) is 6.53. The first-order chi connectivity index (χ1) is 8.65. The lowest BCUT2D eigenvalue weighted by molar-refractivity contribution is 0.0692. The summed E-state index contributed by atoms with van der Waals surface area (Å²) in [6.45, 7) is 0.865. The van der Waals surface area contributed by atoms with Gasteiger partial charge in [0.15, 0.2) is 0 Å². The van der Waals surface area contributed by atoms with Crippen LogP contribution >= 0.6 is 11.8 Å². The lowest BCUT2D eigenvalue weighted by Crippen LogP contribution is -2.06. The number of hydrogen-bond donors (Lipinski definition) is 3. The molecule has 0 saturated carbocycles. The minimum atomic E-state index is -1.27. The summed E-state index contributed by atoms with van der Waals surface area (Å²) in [5, 5.41) is 20.3. The molecule has 18 heavy (non-hydrogen) atoms. The number of nitrogens with one attached hydrogen (secondary N) is 1. The van der Waals surface area contributed by atoms with E-state index >= 15 is 0 Å². The Hall–Kier alpha value is -1.27. The maximum absolute atomic E-state index is 13.3. The molecule has 1 aromatic carbocycles. The summed E-state index contributed by atoms with van der Waals surface area (Å²) < 4.78 is 13.3. The van der Waals surface area contributed by atoms with Gasteiger partial charge in [0.1, 0.15) is 5.82 Å². The molecular weight excluding hydrogens is 257 g/mol. The first kappa shape index (κ1) is 14.8. The summed E-state index contributed by atoms with van der Waals surface area (Å²) in [6, 6.07) is 3.98. The molecule has 0 fully saturated rings. The molecule has 0 saturated heterocycles. The van der Waals surface area contributed by atoms with Crippen LogP contribution in [0.5, 0.6) is 0 Å². The van der Waals surface area contributed by atoms with Crippen molar-refractivity contribution in [2.75, 3.05) is 30.0 Å². The van der Waals surface area contributed by atoms with E-state index in [1.807, 2.05) is 0 Å². The Balaban J connectivity index is 2.35. The quantitative estimate of drug-likeness (QED) is 0.632. The summed E-state index contributed by atoms with van der Waals surface area (Å²) in [4.78, 5) is 10.6. The molecule has 0 aromatic heterocycles. The topological polar surface area (TPSA) is 69.6 Å². The van der Waals surface area contributed by atoms with Gasteiger partial charge in [0.05, 0.1) is 5.56 Å². The van der Waals surface area contributed by atoms with Crippen LogP contribution in [0.1, 0.15) is 16.8 Å². The maximum Gasteiger partial charge on any atom is 0.338 e. The van der Waals surface area contributed by atoms with E-state index in [0.717, 1.165) is 17.9 Å². The molecule has 0 radical (unpaired) electrons. The van der Waals surface area contributed by atoms with Crippen LogP contribution in [-0.2, 0) is 0 Å². The van der Waals surface area contributed by atoms with Crippen LogP contribution < -0.4 is 5.32 Å². The van der Waals surface area contributed by atoms with Gasteiger partial charge >= 0.3 is 5.97 Å². The number of thioether (sulfide) groups is 1. The number of aromatic carboxylic acids is 1. The number of carboxylic acids is 1. The number of rotatable bonds is 8. The monoisotopic (exact) mass is 273 g/mol. The van der Waals surface area contributed by atoms with Crippen molar-refractivity contribution in [2.45, 2.75) is 6.42 Å². The predicted molar refractivity (Wildman–Crippen MR) is 70.9 cm³/mol. The summed E-state index contributed by atoms with van der Waals surface area (Å²) in [5.74, 6) is -0.258. The highest BCUT2D eigenvalue weighted by molar-refractivity contribution is 7.99. The molecule has 0 aliphatic heterocycles. The fraction of sp³-hybridized carbons (Fsp3) is 0.417. The summed E-state index contributed by atoms with van der Waals surface area (Å²) in [6.07, 6.45) is 0.770. The number of aliphatic hydroxyl groups is 1. The number of aliphatic hydroxyl groups excluding tert-OH is 1. The van der Waals surface area contributed by atoms with E-state index in [2.05, 4.69) is 5.32 Å². The molecular formula is C12H16FNO3S. The van der Waals surface area contributed by atoms with E-state index in [1.54, 1.807) is 17.8 Å². The van der Waals surface area contributed by atoms with Crippen molar-refractivity contribution in [2.24, 2.45) is 0 Å². The number of carboxylic acid groups (broad SMARTS) is 1. The van der Waals surface area contributed by atoms with Gasteiger partial charge in [0, 0.05) is 24.6 Å². The zero-order chi connectivity index (χ0) is 13.4. The molecule has 0 unspecified atom stereocenters. The normalized spacial score (nSPS) is 10.3. The minimum Gasteiger partial charge on any atom is -0.478 e. The number of carbonyl (C=O) groups is 1. The molecule has 0 atom stereocenters. The Morgan fingerprint density at radius 3 is 2.78 bits per heavy atom. The molecule has 0 bridgehead atoms. The lowest BCUT2D eigenvalue weighted by atomic mass is 10.2. The highest BCUT2D eigenvalue weighted by Crippen LogP contribution is 2.14. The molecule has 0 heterocycles. The SMILES string of the molecule is O=C(O)c1ccc(NCCSCCCO)cc1F. The summed E-state index contributed by atoms with van der Waals surface area (Å²) >= 11 is 1.70. The summed E-state index contributed by atoms with van der Waals surface area (Å²) in [5.41, 5.74) is 0.248. The molecule has 6 heteroatoms. The van der Waals surface area contributed by atoms with E-state index in [0.29, 0.717) is 12.2 Å². The average Bonchev–Trinajstić information content (AvgIpc) is 2.33. The average molecular weight is 273 g/mol. The van der Waals surface area contributed by atoms with E-state index in [9.17, 15) is 9.18 Å². The fourth-order valence-electron chi connectivity index (χ4n) is 1.33. The van der Waals surface area contributed by atoms with E-state index < -0.39 is 11.8 Å². The van der Waals surface area contributed by atoms with E-state index in [-0.39, 0.29) is 12.2 Å². The number of halogens is 1. The minimum absolute atomic E-state index is 0.197. The van der Waals surface area contributed by atoms with Crippen molar-refractivity contribution in [3.63, 3.8) is 0 Å². The third-order valence-corrected chi connectivity index (χ3v) is 3.29.